The van der Waals surface area contributed by atoms with Crippen molar-refractivity contribution < 1.29 is 0 Å². The first kappa shape index (κ1) is 20.2. The smallest absolute Gasteiger partial charge is 0.0732 e. The Morgan fingerprint density at radius 2 is 1.00 bits per heavy atom. The van der Waals surface area contributed by atoms with Crippen LogP contribution >= 0.6 is 0 Å². The molecule has 0 aliphatic heterocycles. The van der Waals surface area contributed by atoms with Crippen molar-refractivity contribution in [1.82, 2.24) is 0 Å². The van der Waals surface area contributed by atoms with Crippen LogP contribution in [0.25, 0.3) is 0 Å². The van der Waals surface area contributed by atoms with Gasteiger partial charge in [-0.3, -0.25) is 0 Å². The highest BCUT2D eigenvalue weighted by molar-refractivity contribution is 6.84. The van der Waals surface area contributed by atoms with E-state index in [0.717, 1.165) is 11.8 Å². The molecule has 2 heteroatoms. The van der Waals surface area contributed by atoms with Gasteiger partial charge in [0.2, 0.25) is 0 Å². The molecule has 0 N–H and O–H groups in total. The lowest BCUT2D eigenvalue weighted by Crippen LogP contribution is -2.43. The van der Waals surface area contributed by atoms with Gasteiger partial charge in [-0.2, -0.15) is 0 Å². The van der Waals surface area contributed by atoms with Crippen LogP contribution in [-0.2, 0) is 0 Å². The van der Waals surface area contributed by atoms with Crippen molar-refractivity contribution in [2.75, 3.05) is 0 Å². The van der Waals surface area contributed by atoms with E-state index in [1.54, 1.807) is 0 Å². The minimum atomic E-state index is -1.26. The Labute approximate surface area is 154 Å². The number of hydrogen-bond donors (Lipinski definition) is 0. The van der Waals surface area contributed by atoms with Crippen molar-refractivity contribution >= 4 is 16.1 Å². The quantitative estimate of drug-likeness (QED) is 0.423. The Morgan fingerprint density at radius 3 is 1.25 bits per heavy atom. The maximum atomic E-state index is 2.62. The first-order valence-corrected chi connectivity index (χ1v) is 17.6. The Bertz CT molecular complexity index is 463. The summed E-state index contributed by atoms with van der Waals surface area (Å²) in [5.41, 5.74) is 3.78. The van der Waals surface area contributed by atoms with Crippen LogP contribution in [0.2, 0.25) is 39.3 Å². The van der Waals surface area contributed by atoms with Gasteiger partial charge in [0, 0.05) is 0 Å². The SMILES string of the molecule is CCC[C@@H]1C([Si](C)(C)C)=C2CCCCC2=C([Si](C)(C)C)[C@@H]1CCC. The fraction of sp³-hybridized carbons (Fsp3) is 0.818. The van der Waals surface area contributed by atoms with E-state index in [2.05, 4.69) is 53.1 Å². The highest BCUT2D eigenvalue weighted by Gasteiger charge is 2.44. The zero-order chi connectivity index (χ0) is 18.1. The molecule has 2 aliphatic rings. The van der Waals surface area contributed by atoms with Crippen LogP contribution in [0.5, 0.6) is 0 Å². The largest absolute Gasteiger partial charge is 0.0741 e. The van der Waals surface area contributed by atoms with Gasteiger partial charge < -0.3 is 0 Å². The fourth-order valence-electron chi connectivity index (χ4n) is 5.68. The summed E-state index contributed by atoms with van der Waals surface area (Å²) >= 11 is 0. The second-order valence-electron chi connectivity index (χ2n) is 10.3. The maximum absolute atomic E-state index is 2.62. The highest BCUT2D eigenvalue weighted by atomic mass is 28.3. The molecule has 0 aromatic heterocycles. The summed E-state index contributed by atoms with van der Waals surface area (Å²) in [5, 5.41) is 4.00. The van der Waals surface area contributed by atoms with Gasteiger partial charge in [0.05, 0.1) is 16.1 Å². The van der Waals surface area contributed by atoms with Crippen LogP contribution in [0.4, 0.5) is 0 Å². The zero-order valence-corrected chi connectivity index (χ0v) is 19.8. The van der Waals surface area contributed by atoms with E-state index >= 15 is 0 Å². The molecule has 138 valence electrons. The normalized spacial score (nSPS) is 26.0. The van der Waals surface area contributed by atoms with E-state index in [-0.39, 0.29) is 0 Å². The average molecular weight is 363 g/mol. The summed E-state index contributed by atoms with van der Waals surface area (Å²) in [4.78, 5) is 0. The molecule has 1 saturated carbocycles. The second kappa shape index (κ2) is 7.65. The molecule has 0 heterocycles. The summed E-state index contributed by atoms with van der Waals surface area (Å²) in [6, 6.07) is 0. The van der Waals surface area contributed by atoms with Crippen molar-refractivity contribution in [3.63, 3.8) is 0 Å². The van der Waals surface area contributed by atoms with Gasteiger partial charge in [0.1, 0.15) is 0 Å². The van der Waals surface area contributed by atoms with E-state index < -0.39 is 16.1 Å². The lowest BCUT2D eigenvalue weighted by atomic mass is 9.73. The predicted octanol–water partition coefficient (Wildman–Crippen LogP) is 7.75. The van der Waals surface area contributed by atoms with Gasteiger partial charge in [0.15, 0.2) is 0 Å². The minimum absolute atomic E-state index is 0.875. The Balaban J connectivity index is 2.73. The molecule has 24 heavy (non-hydrogen) atoms. The van der Waals surface area contributed by atoms with Gasteiger partial charge >= 0.3 is 0 Å². The van der Waals surface area contributed by atoms with Crippen molar-refractivity contribution in [2.45, 2.75) is 104 Å². The van der Waals surface area contributed by atoms with E-state index in [0.29, 0.717) is 0 Å². The highest BCUT2D eigenvalue weighted by Crippen LogP contribution is 2.52. The lowest BCUT2D eigenvalue weighted by Gasteiger charge is -2.48. The lowest BCUT2D eigenvalue weighted by molar-refractivity contribution is 0.379. The molecule has 0 nitrogen and oxygen atoms in total. The van der Waals surface area contributed by atoms with E-state index in [4.69, 9.17) is 0 Å². The third-order valence-electron chi connectivity index (χ3n) is 6.16. The molecule has 0 amide bonds. The number of hydrogen-bond acceptors (Lipinski definition) is 0. The van der Waals surface area contributed by atoms with Gasteiger partial charge in [-0.1, -0.05) is 76.4 Å². The topological polar surface area (TPSA) is 0 Å². The van der Waals surface area contributed by atoms with Crippen molar-refractivity contribution in [2.24, 2.45) is 11.8 Å². The summed E-state index contributed by atoms with van der Waals surface area (Å²) < 4.78 is 0. The Hall–Kier alpha value is -0.0862. The molecule has 0 bridgehead atoms. The molecule has 0 saturated heterocycles. The van der Waals surface area contributed by atoms with Crippen LogP contribution < -0.4 is 0 Å². The third-order valence-corrected chi connectivity index (χ3v) is 10.7. The maximum Gasteiger partial charge on any atom is 0.0732 e. The van der Waals surface area contributed by atoms with Gasteiger partial charge in [-0.05, 0) is 61.5 Å². The zero-order valence-electron chi connectivity index (χ0n) is 17.8. The van der Waals surface area contributed by atoms with Crippen LogP contribution in [-0.4, -0.2) is 16.1 Å². The van der Waals surface area contributed by atoms with Crippen LogP contribution in [0.15, 0.2) is 21.5 Å². The van der Waals surface area contributed by atoms with Crippen molar-refractivity contribution in [1.29, 1.82) is 0 Å². The number of fused-ring (bicyclic) bond motifs is 1. The number of rotatable bonds is 6. The van der Waals surface area contributed by atoms with E-state index in [9.17, 15) is 0 Å². The molecule has 1 fully saturated rings. The molecule has 2 rings (SSSR count). The van der Waals surface area contributed by atoms with Gasteiger partial charge in [-0.15, -0.1) is 0 Å². The summed E-state index contributed by atoms with van der Waals surface area (Å²) in [5.74, 6) is 1.75. The van der Waals surface area contributed by atoms with Gasteiger partial charge in [-0.25, -0.2) is 0 Å². The van der Waals surface area contributed by atoms with E-state index in [1.165, 1.54) is 51.4 Å². The van der Waals surface area contributed by atoms with Crippen LogP contribution in [0.3, 0.4) is 0 Å². The Kier molecular flexibility index (Phi) is 6.45. The molecule has 0 spiro atoms. The molecule has 2 aliphatic carbocycles. The molecule has 0 radical (unpaired) electrons. The van der Waals surface area contributed by atoms with Crippen LogP contribution in [0, 0.1) is 11.8 Å². The molecule has 2 atom stereocenters. The summed E-state index contributed by atoms with van der Waals surface area (Å²) in [7, 11) is -2.53. The van der Waals surface area contributed by atoms with Crippen molar-refractivity contribution in [3.8, 4) is 0 Å². The average Bonchev–Trinajstić information content (AvgIpc) is 2.45. The first-order chi connectivity index (χ1) is 11.1. The van der Waals surface area contributed by atoms with Gasteiger partial charge in [0.25, 0.3) is 0 Å². The monoisotopic (exact) mass is 362 g/mol. The number of allylic oxidation sites excluding steroid dienone is 4. The first-order valence-electron chi connectivity index (χ1n) is 10.6. The van der Waals surface area contributed by atoms with Crippen LogP contribution in [0.1, 0.15) is 65.2 Å². The minimum Gasteiger partial charge on any atom is -0.0741 e. The van der Waals surface area contributed by atoms with Crippen molar-refractivity contribution in [3.05, 3.63) is 21.5 Å². The standard InChI is InChI=1S/C22H42Si2/c1-9-13-17-18(14-10-2)22(24(6,7)8)20-16-12-11-15-19(20)21(17)23(3,4)5/h17-18H,9-16H2,1-8H3/t17-,18+. The predicted molar refractivity (Wildman–Crippen MR) is 116 cm³/mol. The fourth-order valence-corrected chi connectivity index (χ4v) is 11.0. The molecule has 0 aromatic carbocycles. The van der Waals surface area contributed by atoms with E-state index in [1.807, 2.05) is 21.5 Å². The molecular formula is C22H42Si2. The summed E-state index contributed by atoms with van der Waals surface area (Å²) in [6.45, 7) is 20.5. The Morgan fingerprint density at radius 1 is 0.667 bits per heavy atom. The molecule has 0 aromatic rings. The molecule has 0 unspecified atom stereocenters. The summed E-state index contributed by atoms with van der Waals surface area (Å²) in [6.07, 6.45) is 11.2. The second-order valence-corrected chi connectivity index (χ2v) is 20.4. The molecular weight excluding hydrogens is 320 g/mol. The third kappa shape index (κ3) is 4.01.